The van der Waals surface area contributed by atoms with Gasteiger partial charge in [-0.05, 0) is 36.8 Å². The fraction of sp³-hybridized carbons (Fsp3) is 0.188. The maximum absolute atomic E-state index is 11.9. The Kier molecular flexibility index (Phi) is 4.70. The molecule has 5 heteroatoms. The molecule has 0 aliphatic rings. The second-order valence-electron chi connectivity index (χ2n) is 4.37. The van der Waals surface area contributed by atoms with Gasteiger partial charge in [-0.2, -0.15) is 0 Å². The molecule has 21 heavy (non-hydrogen) atoms. The highest BCUT2D eigenvalue weighted by molar-refractivity contribution is 6.34. The first-order valence-corrected chi connectivity index (χ1v) is 6.85. The normalized spacial score (nSPS) is 10.2. The average molecular weight is 306 g/mol. The average Bonchev–Trinajstić information content (AvgIpc) is 2.50. The van der Waals surface area contributed by atoms with E-state index in [1.54, 1.807) is 20.1 Å². The summed E-state index contributed by atoms with van der Waals surface area (Å²) in [6, 6.07) is 10.5. The van der Waals surface area contributed by atoms with E-state index >= 15 is 0 Å². The molecule has 0 aliphatic heterocycles. The van der Waals surface area contributed by atoms with Crippen LogP contribution >= 0.6 is 11.6 Å². The zero-order valence-corrected chi connectivity index (χ0v) is 12.6. The van der Waals surface area contributed by atoms with Gasteiger partial charge in [0.2, 0.25) is 0 Å². The lowest BCUT2D eigenvalue weighted by molar-refractivity contribution is 0.0526. The van der Waals surface area contributed by atoms with Crippen LogP contribution in [0.3, 0.4) is 0 Å². The van der Waals surface area contributed by atoms with E-state index in [1.165, 1.54) is 6.07 Å². The van der Waals surface area contributed by atoms with Crippen molar-refractivity contribution in [3.63, 3.8) is 0 Å². The van der Waals surface area contributed by atoms with Gasteiger partial charge in [0.1, 0.15) is 5.75 Å². The molecule has 2 aromatic carbocycles. The monoisotopic (exact) mass is 305 g/mol. The molecule has 0 unspecified atom stereocenters. The Morgan fingerprint density at radius 3 is 2.48 bits per heavy atom. The van der Waals surface area contributed by atoms with Gasteiger partial charge >= 0.3 is 5.97 Å². The van der Waals surface area contributed by atoms with E-state index in [0.717, 1.165) is 11.3 Å². The third-order valence-corrected chi connectivity index (χ3v) is 3.35. The molecule has 0 saturated heterocycles. The molecular weight excluding hydrogens is 290 g/mol. The van der Waals surface area contributed by atoms with Crippen LogP contribution in [-0.4, -0.2) is 19.7 Å². The van der Waals surface area contributed by atoms with Crippen LogP contribution < -0.4 is 10.5 Å². The minimum atomic E-state index is -0.422. The molecule has 2 rings (SSSR count). The number of nitrogen functional groups attached to an aromatic ring is 1. The number of halogens is 1. The number of anilines is 1. The first-order chi connectivity index (χ1) is 10.1. The van der Waals surface area contributed by atoms with Gasteiger partial charge in [0.15, 0.2) is 0 Å². The number of hydrogen-bond acceptors (Lipinski definition) is 4. The molecule has 0 aromatic heterocycles. The smallest absolute Gasteiger partial charge is 0.338 e. The third kappa shape index (κ3) is 3.28. The quantitative estimate of drug-likeness (QED) is 0.690. The number of esters is 1. The van der Waals surface area contributed by atoms with Gasteiger partial charge in [-0.15, -0.1) is 0 Å². The lowest BCUT2D eigenvalue weighted by atomic mass is 10.0. The van der Waals surface area contributed by atoms with Gasteiger partial charge in [0.05, 0.1) is 30.0 Å². The zero-order valence-electron chi connectivity index (χ0n) is 11.9. The molecular formula is C16H16ClNO3. The maximum atomic E-state index is 11.9. The Balaban J connectivity index is 2.48. The summed E-state index contributed by atoms with van der Waals surface area (Å²) >= 11 is 6.11. The van der Waals surface area contributed by atoms with Gasteiger partial charge in [0, 0.05) is 5.56 Å². The largest absolute Gasteiger partial charge is 0.497 e. The Hall–Kier alpha value is -2.20. The van der Waals surface area contributed by atoms with E-state index in [9.17, 15) is 4.79 Å². The van der Waals surface area contributed by atoms with Crippen molar-refractivity contribution in [2.24, 2.45) is 0 Å². The zero-order chi connectivity index (χ0) is 15.4. The summed E-state index contributed by atoms with van der Waals surface area (Å²) in [6.07, 6.45) is 0. The summed E-state index contributed by atoms with van der Waals surface area (Å²) < 4.78 is 10.1. The molecule has 0 amide bonds. The van der Waals surface area contributed by atoms with Crippen LogP contribution in [0.15, 0.2) is 36.4 Å². The molecule has 0 heterocycles. The van der Waals surface area contributed by atoms with Crippen LogP contribution in [0.4, 0.5) is 5.69 Å². The lowest BCUT2D eigenvalue weighted by Crippen LogP contribution is -2.06. The highest BCUT2D eigenvalue weighted by Crippen LogP contribution is 2.34. The number of ether oxygens (including phenoxy) is 2. The minimum Gasteiger partial charge on any atom is -0.497 e. The highest BCUT2D eigenvalue weighted by Gasteiger charge is 2.14. The summed E-state index contributed by atoms with van der Waals surface area (Å²) in [5.74, 6) is 0.319. The molecule has 2 N–H and O–H groups in total. The van der Waals surface area contributed by atoms with Crippen LogP contribution in [0.2, 0.25) is 5.02 Å². The van der Waals surface area contributed by atoms with Gasteiger partial charge in [-0.1, -0.05) is 23.7 Å². The van der Waals surface area contributed by atoms with Gasteiger partial charge in [-0.3, -0.25) is 0 Å². The summed E-state index contributed by atoms with van der Waals surface area (Å²) in [5, 5.41) is 0.325. The number of rotatable bonds is 4. The molecule has 0 fully saturated rings. The second-order valence-corrected chi connectivity index (χ2v) is 4.78. The fourth-order valence-electron chi connectivity index (χ4n) is 1.96. The number of nitrogens with two attached hydrogens (primary N) is 1. The second kappa shape index (κ2) is 6.50. The van der Waals surface area contributed by atoms with Crippen molar-refractivity contribution < 1.29 is 14.3 Å². The topological polar surface area (TPSA) is 61.5 Å². The molecule has 0 atom stereocenters. The first kappa shape index (κ1) is 15.2. The van der Waals surface area contributed by atoms with Gasteiger partial charge in [-0.25, -0.2) is 4.79 Å². The van der Waals surface area contributed by atoms with Gasteiger partial charge < -0.3 is 15.2 Å². The molecule has 0 bridgehead atoms. The number of benzene rings is 2. The Morgan fingerprint density at radius 1 is 1.24 bits per heavy atom. The Labute approximate surface area is 128 Å². The summed E-state index contributed by atoms with van der Waals surface area (Å²) in [6.45, 7) is 2.06. The summed E-state index contributed by atoms with van der Waals surface area (Å²) in [7, 11) is 1.60. The Bertz CT molecular complexity index is 653. The van der Waals surface area contributed by atoms with Crippen molar-refractivity contribution in [3.8, 4) is 16.9 Å². The number of carbonyl (C=O) groups is 1. The van der Waals surface area contributed by atoms with Gasteiger partial charge in [0.25, 0.3) is 0 Å². The summed E-state index contributed by atoms with van der Waals surface area (Å²) in [5.41, 5.74) is 8.35. The predicted molar refractivity (Wildman–Crippen MR) is 83.8 cm³/mol. The van der Waals surface area contributed by atoms with E-state index in [2.05, 4.69) is 0 Å². The molecule has 0 saturated carbocycles. The fourth-order valence-corrected chi connectivity index (χ4v) is 2.18. The number of hydrogen-bond donors (Lipinski definition) is 1. The molecule has 4 nitrogen and oxygen atoms in total. The SMILES string of the molecule is CCOC(=O)c1cc(Cl)c(N)c(-c2ccc(OC)cc2)c1. The molecule has 0 aliphatic carbocycles. The van der Waals surface area contributed by atoms with Crippen molar-refractivity contribution in [1.82, 2.24) is 0 Å². The standard InChI is InChI=1S/C16H16ClNO3/c1-3-21-16(19)11-8-13(15(18)14(17)9-11)10-4-6-12(20-2)7-5-10/h4-9H,3,18H2,1-2H3. The van der Waals surface area contributed by atoms with E-state index in [0.29, 0.717) is 28.4 Å². The van der Waals surface area contributed by atoms with Crippen molar-refractivity contribution in [1.29, 1.82) is 0 Å². The van der Waals surface area contributed by atoms with Crippen LogP contribution in [0.25, 0.3) is 11.1 Å². The molecule has 110 valence electrons. The predicted octanol–water partition coefficient (Wildman–Crippen LogP) is 3.77. The van der Waals surface area contributed by atoms with Crippen LogP contribution in [0.1, 0.15) is 17.3 Å². The van der Waals surface area contributed by atoms with Crippen molar-refractivity contribution in [2.75, 3.05) is 19.5 Å². The van der Waals surface area contributed by atoms with Crippen LogP contribution in [-0.2, 0) is 4.74 Å². The lowest BCUT2D eigenvalue weighted by Gasteiger charge is -2.11. The van der Waals surface area contributed by atoms with Crippen molar-refractivity contribution in [3.05, 3.63) is 47.0 Å². The molecule has 0 spiro atoms. The molecule has 0 radical (unpaired) electrons. The van der Waals surface area contributed by atoms with E-state index in [-0.39, 0.29) is 0 Å². The van der Waals surface area contributed by atoms with Crippen LogP contribution in [0.5, 0.6) is 5.75 Å². The highest BCUT2D eigenvalue weighted by atomic mass is 35.5. The Morgan fingerprint density at radius 2 is 1.90 bits per heavy atom. The maximum Gasteiger partial charge on any atom is 0.338 e. The van der Waals surface area contributed by atoms with E-state index in [4.69, 9.17) is 26.8 Å². The van der Waals surface area contributed by atoms with E-state index < -0.39 is 5.97 Å². The minimum absolute atomic E-state index is 0.304. The summed E-state index contributed by atoms with van der Waals surface area (Å²) in [4.78, 5) is 11.9. The number of methoxy groups -OCH3 is 1. The van der Waals surface area contributed by atoms with Crippen LogP contribution in [0, 0.1) is 0 Å². The van der Waals surface area contributed by atoms with Crippen molar-refractivity contribution >= 4 is 23.3 Å². The molecule has 2 aromatic rings. The van der Waals surface area contributed by atoms with E-state index in [1.807, 2.05) is 24.3 Å². The number of carbonyl (C=O) groups excluding carboxylic acids is 1. The van der Waals surface area contributed by atoms with Crippen molar-refractivity contribution in [2.45, 2.75) is 6.92 Å². The third-order valence-electron chi connectivity index (χ3n) is 3.04. The first-order valence-electron chi connectivity index (χ1n) is 6.47.